The first-order chi connectivity index (χ1) is 13.1. The third-order valence-electron chi connectivity index (χ3n) is 4.06. The van der Waals surface area contributed by atoms with Crippen molar-refractivity contribution < 1.29 is 18.8 Å². The topological polar surface area (TPSA) is 74.6 Å². The molecule has 0 spiro atoms. The van der Waals surface area contributed by atoms with Gasteiger partial charge in [-0.15, -0.1) is 15.3 Å². The van der Waals surface area contributed by atoms with Crippen LogP contribution in [-0.4, -0.2) is 35.6 Å². The second kappa shape index (κ2) is 6.84. The van der Waals surface area contributed by atoms with Crippen LogP contribution in [0.4, 0.5) is 15.9 Å². The number of ether oxygens (including phenoxy) is 1. The molecule has 0 bridgehead atoms. The number of para-hydroxylation sites is 1. The fourth-order valence-corrected chi connectivity index (χ4v) is 3.61. The Balaban J connectivity index is 1.72. The Bertz CT molecular complexity index is 1010. The summed E-state index contributed by atoms with van der Waals surface area (Å²) in [6, 6.07) is 13.4. The largest absolute Gasteiger partial charge is 0.497 e. The van der Waals surface area contributed by atoms with Crippen molar-refractivity contribution in [3.8, 4) is 5.75 Å². The Morgan fingerprint density at radius 2 is 1.93 bits per heavy atom. The van der Waals surface area contributed by atoms with E-state index in [1.807, 2.05) is 0 Å². The molecule has 0 aliphatic carbocycles. The lowest BCUT2D eigenvalue weighted by Crippen LogP contribution is -2.29. The molecule has 27 heavy (non-hydrogen) atoms. The monoisotopic (exact) mass is 384 g/mol. The molecule has 2 aliphatic rings. The van der Waals surface area contributed by atoms with Crippen molar-refractivity contribution in [2.75, 3.05) is 22.9 Å². The van der Waals surface area contributed by atoms with Gasteiger partial charge >= 0.3 is 5.91 Å². The molecule has 0 saturated carbocycles. The van der Waals surface area contributed by atoms with Crippen molar-refractivity contribution in [3.05, 3.63) is 54.1 Å². The van der Waals surface area contributed by atoms with Gasteiger partial charge in [-0.05, 0) is 18.2 Å². The predicted molar refractivity (Wildman–Crippen MR) is 102 cm³/mol. The van der Waals surface area contributed by atoms with E-state index in [1.165, 1.54) is 29.8 Å². The van der Waals surface area contributed by atoms with Gasteiger partial charge in [0.2, 0.25) is 5.91 Å². The van der Waals surface area contributed by atoms with E-state index in [1.54, 1.807) is 42.5 Å². The van der Waals surface area contributed by atoms with Crippen molar-refractivity contribution in [2.24, 2.45) is 10.2 Å². The molecule has 0 aromatic heterocycles. The van der Waals surface area contributed by atoms with Gasteiger partial charge in [-0.2, -0.15) is 0 Å². The Morgan fingerprint density at radius 3 is 2.74 bits per heavy atom. The molecule has 0 radical (unpaired) electrons. The van der Waals surface area contributed by atoms with Crippen LogP contribution < -0.4 is 14.8 Å². The van der Waals surface area contributed by atoms with E-state index in [9.17, 15) is 14.1 Å². The van der Waals surface area contributed by atoms with Crippen LogP contribution in [-0.2, 0) is 9.59 Å². The maximum Gasteiger partial charge on any atom is 0.307 e. The molecule has 2 heterocycles. The summed E-state index contributed by atoms with van der Waals surface area (Å²) < 4.78 is 19.2. The highest BCUT2D eigenvalue weighted by atomic mass is 32.2. The van der Waals surface area contributed by atoms with Crippen LogP contribution >= 0.6 is 11.8 Å². The number of carbonyl (C=O) groups excluding carboxylic acids is 2. The van der Waals surface area contributed by atoms with Crippen LogP contribution in [0.1, 0.15) is 5.56 Å². The molecule has 4 rings (SSSR count). The van der Waals surface area contributed by atoms with Gasteiger partial charge in [0.1, 0.15) is 5.75 Å². The zero-order chi connectivity index (χ0) is 19.0. The second-order valence-electron chi connectivity index (χ2n) is 5.65. The molecule has 2 aliphatic heterocycles. The lowest BCUT2D eigenvalue weighted by molar-refractivity contribution is -0.115. The quantitative estimate of drug-likeness (QED) is 0.602. The van der Waals surface area contributed by atoms with Gasteiger partial charge < -0.3 is 4.74 Å². The van der Waals surface area contributed by atoms with Crippen LogP contribution in [0.3, 0.4) is 0 Å². The molecule has 1 fully saturated rings. The number of methoxy groups -OCH3 is 1. The zero-order valence-corrected chi connectivity index (χ0v) is 14.9. The second-order valence-corrected chi connectivity index (χ2v) is 6.60. The highest BCUT2D eigenvalue weighted by molar-refractivity contribution is 8.15. The molecule has 1 saturated heterocycles. The molecule has 2 amide bonds. The molecule has 2 aromatic carbocycles. The Hall–Kier alpha value is -3.20. The number of nitrogens with zero attached hydrogens (tertiary/aromatic N) is 4. The number of rotatable bonds is 3. The molecule has 9 heteroatoms. The smallest absolute Gasteiger partial charge is 0.307 e. The van der Waals surface area contributed by atoms with Crippen molar-refractivity contribution in [1.82, 2.24) is 0 Å². The molecular weight excluding hydrogens is 371 g/mol. The summed E-state index contributed by atoms with van der Waals surface area (Å²) in [7, 11) is 1.53. The third kappa shape index (κ3) is 2.95. The van der Waals surface area contributed by atoms with Gasteiger partial charge in [0.05, 0.1) is 24.2 Å². The predicted octanol–water partition coefficient (Wildman–Crippen LogP) is 2.77. The fourth-order valence-electron chi connectivity index (χ4n) is 2.79. The SMILES string of the molecule is COc1cccc(N2C(=O)CSC2=NN=C2C(=O)N(F)c3ccccc32)c1. The van der Waals surface area contributed by atoms with Crippen LogP contribution in [0.5, 0.6) is 5.75 Å². The molecule has 0 unspecified atom stereocenters. The molecule has 0 N–H and O–H groups in total. The van der Waals surface area contributed by atoms with Crippen molar-refractivity contribution in [3.63, 3.8) is 0 Å². The summed E-state index contributed by atoms with van der Waals surface area (Å²) in [5, 5.41) is 8.38. The maximum atomic E-state index is 14.0. The summed E-state index contributed by atoms with van der Waals surface area (Å²) in [5.74, 6) is -0.267. The fraction of sp³-hybridized carbons (Fsp3) is 0.111. The number of hydrogen-bond acceptors (Lipinski definition) is 6. The minimum Gasteiger partial charge on any atom is -0.497 e. The van der Waals surface area contributed by atoms with Crippen LogP contribution in [0.15, 0.2) is 58.7 Å². The van der Waals surface area contributed by atoms with E-state index in [2.05, 4.69) is 10.2 Å². The first-order valence-electron chi connectivity index (χ1n) is 7.95. The van der Waals surface area contributed by atoms with E-state index in [-0.39, 0.29) is 28.2 Å². The molecule has 2 aromatic rings. The zero-order valence-electron chi connectivity index (χ0n) is 14.1. The number of halogens is 1. The van der Waals surface area contributed by atoms with Crippen LogP contribution in [0.25, 0.3) is 0 Å². The van der Waals surface area contributed by atoms with Gasteiger partial charge in [0, 0.05) is 11.6 Å². The van der Waals surface area contributed by atoms with E-state index < -0.39 is 5.91 Å². The van der Waals surface area contributed by atoms with Gasteiger partial charge in [-0.25, -0.2) is 0 Å². The van der Waals surface area contributed by atoms with E-state index in [0.29, 0.717) is 22.2 Å². The highest BCUT2D eigenvalue weighted by Gasteiger charge is 2.35. The van der Waals surface area contributed by atoms with E-state index in [0.717, 1.165) is 0 Å². The minimum atomic E-state index is -0.886. The molecule has 136 valence electrons. The van der Waals surface area contributed by atoms with Gasteiger partial charge in [-0.1, -0.05) is 40.5 Å². The number of fused-ring (bicyclic) bond motifs is 1. The average molecular weight is 384 g/mol. The standard InChI is InChI=1S/C18H13FN4O3S/c1-26-12-6-4-5-11(9-12)22-15(24)10-27-18(22)21-20-16-13-7-2-3-8-14(13)23(19)17(16)25/h2-9H,10H2,1H3. The van der Waals surface area contributed by atoms with Crippen LogP contribution in [0, 0.1) is 0 Å². The highest BCUT2D eigenvalue weighted by Crippen LogP contribution is 2.31. The first kappa shape index (κ1) is 17.2. The number of amides is 2. The first-order valence-corrected chi connectivity index (χ1v) is 8.94. The Morgan fingerprint density at radius 1 is 1.11 bits per heavy atom. The average Bonchev–Trinajstić information content (AvgIpc) is 3.18. The molecular formula is C18H13FN4O3S. The summed E-state index contributed by atoms with van der Waals surface area (Å²) in [6.45, 7) is 0. The number of thioether (sulfide) groups is 1. The number of carbonyl (C=O) groups is 2. The lowest BCUT2D eigenvalue weighted by atomic mass is 10.1. The van der Waals surface area contributed by atoms with Gasteiger partial charge in [0.15, 0.2) is 10.9 Å². The Kier molecular flexibility index (Phi) is 4.36. The third-order valence-corrected chi connectivity index (χ3v) is 4.98. The van der Waals surface area contributed by atoms with Crippen molar-refractivity contribution in [2.45, 2.75) is 0 Å². The number of hydrogen-bond donors (Lipinski definition) is 0. The van der Waals surface area contributed by atoms with Crippen molar-refractivity contribution in [1.29, 1.82) is 0 Å². The van der Waals surface area contributed by atoms with E-state index >= 15 is 0 Å². The summed E-state index contributed by atoms with van der Waals surface area (Å²) in [5.41, 5.74) is 0.956. The summed E-state index contributed by atoms with van der Waals surface area (Å²) in [4.78, 5) is 25.8. The van der Waals surface area contributed by atoms with Crippen LogP contribution in [0.2, 0.25) is 0 Å². The van der Waals surface area contributed by atoms with E-state index in [4.69, 9.17) is 4.74 Å². The minimum absolute atomic E-state index is 0.0428. The molecule has 7 nitrogen and oxygen atoms in total. The van der Waals surface area contributed by atoms with Crippen molar-refractivity contribution >= 4 is 45.8 Å². The summed E-state index contributed by atoms with van der Waals surface area (Å²) >= 11 is 1.19. The molecule has 0 atom stereocenters. The maximum absolute atomic E-state index is 14.0. The number of benzene rings is 2. The lowest BCUT2D eigenvalue weighted by Gasteiger charge is -2.15. The number of amidine groups is 1. The Labute approximate surface area is 158 Å². The number of anilines is 2. The normalized spacial score (nSPS) is 19.3. The van der Waals surface area contributed by atoms with Gasteiger partial charge in [0.25, 0.3) is 0 Å². The van der Waals surface area contributed by atoms with Gasteiger partial charge in [-0.3, -0.25) is 14.5 Å². The summed E-state index contributed by atoms with van der Waals surface area (Å²) in [6.07, 6.45) is 0.